The van der Waals surface area contributed by atoms with Gasteiger partial charge in [-0.05, 0) is 30.7 Å². The highest BCUT2D eigenvalue weighted by Crippen LogP contribution is 2.22. The maximum absolute atomic E-state index is 7.31. The van der Waals surface area contributed by atoms with Crippen LogP contribution in [0.5, 0.6) is 0 Å². The van der Waals surface area contributed by atoms with Gasteiger partial charge in [-0.2, -0.15) is 0 Å². The molecule has 0 fully saturated rings. The van der Waals surface area contributed by atoms with Crippen molar-refractivity contribution in [2.45, 2.75) is 6.92 Å². The van der Waals surface area contributed by atoms with Gasteiger partial charge in [0.25, 0.3) is 0 Å². The average Bonchev–Trinajstić information content (AvgIpc) is 2.16. The number of pyridine rings is 1. The molecule has 0 spiro atoms. The molecule has 0 aliphatic rings. The molecule has 1 heterocycles. The SMILES string of the molecule is Cc1cc(Cl)cc2ccc(C(=N)N)nc12. The summed E-state index contributed by atoms with van der Waals surface area (Å²) < 4.78 is 0. The monoisotopic (exact) mass is 219 g/mol. The van der Waals surface area contributed by atoms with Gasteiger partial charge in [-0.15, -0.1) is 0 Å². The highest BCUT2D eigenvalue weighted by Gasteiger charge is 2.04. The molecule has 15 heavy (non-hydrogen) atoms. The smallest absolute Gasteiger partial charge is 0.141 e. The number of fused-ring (bicyclic) bond motifs is 1. The highest BCUT2D eigenvalue weighted by molar-refractivity contribution is 6.31. The Balaban J connectivity index is 2.76. The van der Waals surface area contributed by atoms with Crippen molar-refractivity contribution in [1.82, 2.24) is 4.98 Å². The summed E-state index contributed by atoms with van der Waals surface area (Å²) in [6.45, 7) is 1.94. The van der Waals surface area contributed by atoms with Crippen LogP contribution in [0.25, 0.3) is 10.9 Å². The van der Waals surface area contributed by atoms with Gasteiger partial charge in [0.15, 0.2) is 0 Å². The van der Waals surface area contributed by atoms with E-state index in [9.17, 15) is 0 Å². The number of aromatic nitrogens is 1. The predicted molar refractivity (Wildman–Crippen MR) is 62.5 cm³/mol. The highest BCUT2D eigenvalue weighted by atomic mass is 35.5. The molecule has 0 saturated heterocycles. The van der Waals surface area contributed by atoms with Crippen molar-refractivity contribution < 1.29 is 0 Å². The summed E-state index contributed by atoms with van der Waals surface area (Å²) >= 11 is 5.93. The topological polar surface area (TPSA) is 62.8 Å². The summed E-state index contributed by atoms with van der Waals surface area (Å²) in [7, 11) is 0. The van der Waals surface area contributed by atoms with E-state index in [2.05, 4.69) is 4.98 Å². The van der Waals surface area contributed by atoms with Gasteiger partial charge in [-0.25, -0.2) is 4.98 Å². The zero-order valence-electron chi connectivity index (χ0n) is 8.21. The lowest BCUT2D eigenvalue weighted by Crippen LogP contribution is -2.12. The molecular formula is C11H10ClN3. The minimum absolute atomic E-state index is 0.0220. The normalized spacial score (nSPS) is 10.5. The van der Waals surface area contributed by atoms with Crippen LogP contribution in [0.3, 0.4) is 0 Å². The van der Waals surface area contributed by atoms with Crippen molar-refractivity contribution >= 4 is 28.3 Å². The first-order chi connectivity index (χ1) is 7.08. The third kappa shape index (κ3) is 1.78. The lowest BCUT2D eigenvalue weighted by atomic mass is 10.1. The number of hydrogen-bond donors (Lipinski definition) is 2. The van der Waals surface area contributed by atoms with Crippen LogP contribution in [0.1, 0.15) is 11.3 Å². The van der Waals surface area contributed by atoms with Gasteiger partial charge in [0.1, 0.15) is 11.5 Å². The first-order valence-electron chi connectivity index (χ1n) is 4.49. The van der Waals surface area contributed by atoms with Crippen LogP contribution in [0, 0.1) is 12.3 Å². The summed E-state index contributed by atoms with van der Waals surface area (Å²) in [6, 6.07) is 7.29. The Hall–Kier alpha value is -1.61. The summed E-state index contributed by atoms with van der Waals surface area (Å²) in [5, 5.41) is 8.97. The fourth-order valence-electron chi connectivity index (χ4n) is 1.52. The molecule has 4 heteroatoms. The molecule has 3 N–H and O–H groups in total. The second kappa shape index (κ2) is 3.51. The van der Waals surface area contributed by atoms with Crippen LogP contribution in [0.4, 0.5) is 0 Å². The number of hydrogen-bond acceptors (Lipinski definition) is 2. The Morgan fingerprint density at radius 2 is 2.13 bits per heavy atom. The van der Waals surface area contributed by atoms with Gasteiger partial charge in [0.05, 0.1) is 5.52 Å². The standard InChI is InChI=1S/C11H10ClN3/c1-6-4-8(12)5-7-2-3-9(11(13)14)15-10(6)7/h2-5H,1H3,(H3,13,14). The van der Waals surface area contributed by atoms with Gasteiger partial charge in [0, 0.05) is 10.4 Å². The fourth-order valence-corrected chi connectivity index (χ4v) is 1.80. The Morgan fingerprint density at radius 3 is 2.80 bits per heavy atom. The summed E-state index contributed by atoms with van der Waals surface area (Å²) in [4.78, 5) is 4.31. The second-order valence-corrected chi connectivity index (χ2v) is 3.84. The van der Waals surface area contributed by atoms with E-state index < -0.39 is 0 Å². The third-order valence-corrected chi connectivity index (χ3v) is 2.44. The number of benzene rings is 1. The van der Waals surface area contributed by atoms with Crippen molar-refractivity contribution in [3.8, 4) is 0 Å². The molecule has 1 aromatic carbocycles. The molecule has 0 aliphatic heterocycles. The molecule has 76 valence electrons. The number of amidine groups is 1. The van der Waals surface area contributed by atoms with Gasteiger partial charge < -0.3 is 5.73 Å². The third-order valence-electron chi connectivity index (χ3n) is 2.22. The van der Waals surface area contributed by atoms with Crippen molar-refractivity contribution in [2.75, 3.05) is 0 Å². The second-order valence-electron chi connectivity index (χ2n) is 3.40. The minimum atomic E-state index is -0.0220. The number of nitrogen functional groups attached to an aromatic ring is 1. The quantitative estimate of drug-likeness (QED) is 0.572. The van der Waals surface area contributed by atoms with E-state index in [0.717, 1.165) is 16.5 Å². The van der Waals surface area contributed by atoms with Crippen molar-refractivity contribution in [3.63, 3.8) is 0 Å². The van der Waals surface area contributed by atoms with Crippen LogP contribution >= 0.6 is 11.6 Å². The molecule has 0 bridgehead atoms. The first-order valence-corrected chi connectivity index (χ1v) is 4.87. The molecule has 2 rings (SSSR count). The largest absolute Gasteiger partial charge is 0.382 e. The van der Waals surface area contributed by atoms with Gasteiger partial charge >= 0.3 is 0 Å². The van der Waals surface area contributed by atoms with E-state index in [4.69, 9.17) is 22.7 Å². The fraction of sp³-hybridized carbons (Fsp3) is 0.0909. The number of halogens is 1. The Morgan fingerprint density at radius 1 is 1.40 bits per heavy atom. The first kappa shape index (κ1) is 9.93. The molecule has 1 aromatic heterocycles. The lowest BCUT2D eigenvalue weighted by Gasteiger charge is -2.04. The minimum Gasteiger partial charge on any atom is -0.382 e. The zero-order chi connectivity index (χ0) is 11.0. The van der Waals surface area contributed by atoms with E-state index in [-0.39, 0.29) is 5.84 Å². The molecule has 0 unspecified atom stereocenters. The molecule has 0 amide bonds. The van der Waals surface area contributed by atoms with Gasteiger partial charge in [-0.1, -0.05) is 17.7 Å². The molecule has 2 aromatic rings. The number of nitrogens with two attached hydrogens (primary N) is 1. The van der Waals surface area contributed by atoms with Crippen LogP contribution in [-0.4, -0.2) is 10.8 Å². The number of aryl methyl sites for hydroxylation is 1. The number of nitrogens with one attached hydrogen (secondary N) is 1. The Bertz CT molecular complexity index is 549. The summed E-state index contributed by atoms with van der Waals surface area (Å²) in [5.74, 6) is -0.0220. The van der Waals surface area contributed by atoms with Crippen molar-refractivity contribution in [1.29, 1.82) is 5.41 Å². The van der Waals surface area contributed by atoms with Gasteiger partial charge in [-0.3, -0.25) is 5.41 Å². The number of rotatable bonds is 1. The van der Waals surface area contributed by atoms with E-state index in [1.165, 1.54) is 0 Å². The summed E-state index contributed by atoms with van der Waals surface area (Å²) in [5.41, 5.74) is 7.70. The Kier molecular flexibility index (Phi) is 2.32. The maximum atomic E-state index is 7.31. The van der Waals surface area contributed by atoms with Crippen molar-refractivity contribution in [2.24, 2.45) is 5.73 Å². The Labute approximate surface area is 92.4 Å². The van der Waals surface area contributed by atoms with E-state index in [0.29, 0.717) is 10.7 Å². The summed E-state index contributed by atoms with van der Waals surface area (Å²) in [6.07, 6.45) is 0. The maximum Gasteiger partial charge on any atom is 0.141 e. The molecule has 0 aliphatic carbocycles. The van der Waals surface area contributed by atoms with Crippen LogP contribution in [0.15, 0.2) is 24.3 Å². The molecule has 0 atom stereocenters. The average molecular weight is 220 g/mol. The van der Waals surface area contributed by atoms with Gasteiger partial charge in [0.2, 0.25) is 0 Å². The van der Waals surface area contributed by atoms with Crippen LogP contribution in [0.2, 0.25) is 5.02 Å². The van der Waals surface area contributed by atoms with Crippen molar-refractivity contribution in [3.05, 3.63) is 40.5 Å². The zero-order valence-corrected chi connectivity index (χ0v) is 8.97. The molecular weight excluding hydrogens is 210 g/mol. The van der Waals surface area contributed by atoms with E-state index >= 15 is 0 Å². The lowest BCUT2D eigenvalue weighted by molar-refractivity contribution is 1.29. The van der Waals surface area contributed by atoms with Crippen LogP contribution < -0.4 is 5.73 Å². The number of nitrogens with zero attached hydrogens (tertiary/aromatic N) is 1. The van der Waals surface area contributed by atoms with E-state index in [1.807, 2.05) is 25.1 Å². The molecule has 0 saturated carbocycles. The predicted octanol–water partition coefficient (Wildman–Crippen LogP) is 2.48. The van der Waals surface area contributed by atoms with Crippen LogP contribution in [-0.2, 0) is 0 Å². The molecule has 0 radical (unpaired) electrons. The molecule has 3 nitrogen and oxygen atoms in total. The van der Waals surface area contributed by atoms with E-state index in [1.54, 1.807) is 6.07 Å².